The smallest absolute Gasteiger partial charge is 0.208 e. The number of nitrogens with one attached hydrogen (secondary N) is 3. The van der Waals surface area contributed by atoms with E-state index in [0.29, 0.717) is 26.1 Å². The third-order valence-electron chi connectivity index (χ3n) is 3.18. The van der Waals surface area contributed by atoms with Crippen LogP contribution in [0.2, 0.25) is 0 Å². The SMILES string of the molecule is CCNC(=NCC(C)(C)c1cccs1)NCCCNS(C)(=O)=O. The minimum Gasteiger partial charge on any atom is -0.357 e. The van der Waals surface area contributed by atoms with Gasteiger partial charge in [-0.15, -0.1) is 11.3 Å². The maximum atomic E-state index is 11.0. The molecule has 0 aliphatic carbocycles. The molecule has 1 aromatic rings. The summed E-state index contributed by atoms with van der Waals surface area (Å²) < 4.78 is 24.5. The van der Waals surface area contributed by atoms with Crippen LogP contribution in [0.15, 0.2) is 22.5 Å². The number of thiophene rings is 1. The van der Waals surface area contributed by atoms with E-state index in [-0.39, 0.29) is 5.41 Å². The number of nitrogens with zero attached hydrogens (tertiary/aromatic N) is 1. The number of hydrogen-bond acceptors (Lipinski definition) is 4. The molecule has 0 fully saturated rings. The van der Waals surface area contributed by atoms with Crippen LogP contribution >= 0.6 is 11.3 Å². The van der Waals surface area contributed by atoms with Crippen molar-refractivity contribution in [2.45, 2.75) is 32.6 Å². The largest absolute Gasteiger partial charge is 0.357 e. The van der Waals surface area contributed by atoms with Crippen molar-refractivity contribution in [3.05, 3.63) is 22.4 Å². The van der Waals surface area contributed by atoms with Gasteiger partial charge in [-0.05, 0) is 24.8 Å². The van der Waals surface area contributed by atoms with E-state index in [1.165, 1.54) is 11.1 Å². The number of rotatable bonds is 9. The maximum absolute atomic E-state index is 11.0. The minimum atomic E-state index is -3.11. The number of hydrogen-bond donors (Lipinski definition) is 3. The highest BCUT2D eigenvalue weighted by atomic mass is 32.2. The average Bonchev–Trinajstić information content (AvgIpc) is 2.98. The molecule has 8 heteroatoms. The van der Waals surface area contributed by atoms with Crippen LogP contribution in [0, 0.1) is 0 Å². The van der Waals surface area contributed by atoms with Crippen LogP contribution in [0.1, 0.15) is 32.1 Å². The Morgan fingerprint density at radius 3 is 2.61 bits per heavy atom. The van der Waals surface area contributed by atoms with E-state index in [2.05, 4.69) is 51.7 Å². The molecule has 0 bridgehead atoms. The first-order chi connectivity index (χ1) is 10.7. The molecule has 0 spiro atoms. The first-order valence-corrected chi connectivity index (χ1v) is 10.5. The number of guanidine groups is 1. The molecule has 0 unspecified atom stereocenters. The lowest BCUT2D eigenvalue weighted by molar-refractivity contribution is 0.548. The highest BCUT2D eigenvalue weighted by Gasteiger charge is 2.21. The maximum Gasteiger partial charge on any atom is 0.208 e. The van der Waals surface area contributed by atoms with E-state index in [1.807, 2.05) is 6.92 Å². The van der Waals surface area contributed by atoms with Crippen molar-refractivity contribution >= 4 is 27.3 Å². The third-order valence-corrected chi connectivity index (χ3v) is 5.14. The van der Waals surface area contributed by atoms with Gasteiger partial charge < -0.3 is 10.6 Å². The van der Waals surface area contributed by atoms with Gasteiger partial charge in [-0.25, -0.2) is 13.1 Å². The Balaban J connectivity index is 2.47. The topological polar surface area (TPSA) is 82.6 Å². The molecule has 0 amide bonds. The van der Waals surface area contributed by atoms with E-state index in [4.69, 9.17) is 0 Å². The summed E-state index contributed by atoms with van der Waals surface area (Å²) in [5.41, 5.74) is -0.00559. The zero-order valence-corrected chi connectivity index (χ0v) is 16.0. The van der Waals surface area contributed by atoms with Crippen LogP contribution in [-0.4, -0.2) is 46.8 Å². The van der Waals surface area contributed by atoms with Crippen LogP contribution in [0.5, 0.6) is 0 Å². The molecule has 3 N–H and O–H groups in total. The van der Waals surface area contributed by atoms with Crippen molar-refractivity contribution in [3.8, 4) is 0 Å². The van der Waals surface area contributed by atoms with Crippen molar-refractivity contribution in [2.75, 3.05) is 32.4 Å². The lowest BCUT2D eigenvalue weighted by atomic mass is 9.92. The van der Waals surface area contributed by atoms with Gasteiger partial charge in [0, 0.05) is 29.9 Å². The van der Waals surface area contributed by atoms with Gasteiger partial charge in [0.2, 0.25) is 10.0 Å². The van der Waals surface area contributed by atoms with Gasteiger partial charge in [-0.3, -0.25) is 4.99 Å². The molecule has 6 nitrogen and oxygen atoms in total. The van der Waals surface area contributed by atoms with Crippen molar-refractivity contribution in [3.63, 3.8) is 0 Å². The Kier molecular flexibility index (Phi) is 8.01. The summed E-state index contributed by atoms with van der Waals surface area (Å²) in [5, 5.41) is 8.53. The van der Waals surface area contributed by atoms with Gasteiger partial charge in [0.05, 0.1) is 12.8 Å². The molecule has 0 radical (unpaired) electrons. The molecule has 23 heavy (non-hydrogen) atoms. The Labute approximate surface area is 143 Å². The van der Waals surface area contributed by atoms with E-state index in [0.717, 1.165) is 12.5 Å². The van der Waals surface area contributed by atoms with Crippen LogP contribution in [0.3, 0.4) is 0 Å². The predicted octanol–water partition coefficient (Wildman–Crippen LogP) is 1.52. The first kappa shape index (κ1) is 19.9. The van der Waals surface area contributed by atoms with Gasteiger partial charge in [0.15, 0.2) is 5.96 Å². The molecule has 132 valence electrons. The monoisotopic (exact) mass is 360 g/mol. The van der Waals surface area contributed by atoms with Crippen LogP contribution in [-0.2, 0) is 15.4 Å². The molecule has 0 saturated carbocycles. The zero-order valence-electron chi connectivity index (χ0n) is 14.3. The Bertz CT molecular complexity index is 581. The Hall–Kier alpha value is -1.12. The van der Waals surface area contributed by atoms with Crippen molar-refractivity contribution in [1.82, 2.24) is 15.4 Å². The standard InChI is InChI=1S/C15H28N4O2S2/c1-5-16-14(17-9-7-10-19-23(4,20)21)18-12-15(2,3)13-8-6-11-22-13/h6,8,11,19H,5,7,9-10,12H2,1-4H3,(H2,16,17,18). The van der Waals surface area contributed by atoms with Crippen LogP contribution in [0.4, 0.5) is 0 Å². The van der Waals surface area contributed by atoms with Crippen molar-refractivity contribution in [2.24, 2.45) is 4.99 Å². The van der Waals surface area contributed by atoms with Gasteiger partial charge >= 0.3 is 0 Å². The molecule has 1 rings (SSSR count). The normalized spacial score (nSPS) is 13.1. The molecule has 0 atom stereocenters. The molecular weight excluding hydrogens is 332 g/mol. The predicted molar refractivity (Wildman–Crippen MR) is 98.8 cm³/mol. The summed E-state index contributed by atoms with van der Waals surface area (Å²) in [5.74, 6) is 0.761. The lowest BCUT2D eigenvalue weighted by Crippen LogP contribution is -2.39. The summed E-state index contributed by atoms with van der Waals surface area (Å²) in [6, 6.07) is 4.20. The fraction of sp³-hybridized carbons (Fsp3) is 0.667. The van der Waals surface area contributed by atoms with Gasteiger partial charge in [0.25, 0.3) is 0 Å². The highest BCUT2D eigenvalue weighted by molar-refractivity contribution is 7.88. The molecule has 0 aliphatic heterocycles. The molecule has 1 heterocycles. The number of sulfonamides is 1. The number of aliphatic imine (C=N–C) groups is 1. The third kappa shape index (κ3) is 8.34. The second-order valence-corrected chi connectivity index (χ2v) is 8.78. The van der Waals surface area contributed by atoms with Crippen LogP contribution in [0.25, 0.3) is 0 Å². The highest BCUT2D eigenvalue weighted by Crippen LogP contribution is 2.27. The minimum absolute atomic E-state index is 0.00559. The second-order valence-electron chi connectivity index (χ2n) is 6.00. The van der Waals surface area contributed by atoms with Gasteiger partial charge in [0.1, 0.15) is 0 Å². The van der Waals surface area contributed by atoms with E-state index < -0.39 is 10.0 Å². The molecule has 1 aromatic heterocycles. The van der Waals surface area contributed by atoms with Crippen molar-refractivity contribution < 1.29 is 8.42 Å². The second kappa shape index (κ2) is 9.24. The molecule has 0 saturated heterocycles. The summed E-state index contributed by atoms with van der Waals surface area (Å²) in [4.78, 5) is 5.96. The van der Waals surface area contributed by atoms with Gasteiger partial charge in [-0.1, -0.05) is 19.9 Å². The first-order valence-electron chi connectivity index (χ1n) is 7.75. The Morgan fingerprint density at radius 1 is 1.30 bits per heavy atom. The zero-order chi connectivity index (χ0) is 17.3. The molecule has 0 aliphatic rings. The molecule has 0 aromatic carbocycles. The quantitative estimate of drug-likeness (QED) is 0.354. The van der Waals surface area contributed by atoms with Crippen LogP contribution < -0.4 is 15.4 Å². The van der Waals surface area contributed by atoms with E-state index in [9.17, 15) is 8.42 Å². The fourth-order valence-electron chi connectivity index (χ4n) is 1.91. The van der Waals surface area contributed by atoms with E-state index in [1.54, 1.807) is 11.3 Å². The Morgan fingerprint density at radius 2 is 2.04 bits per heavy atom. The summed E-state index contributed by atoms with van der Waals surface area (Å²) in [6.45, 7) is 8.94. The summed E-state index contributed by atoms with van der Waals surface area (Å²) in [6.07, 6.45) is 1.87. The summed E-state index contributed by atoms with van der Waals surface area (Å²) in [7, 11) is -3.11. The molecular formula is C15H28N4O2S2. The fourth-order valence-corrected chi connectivity index (χ4v) is 3.27. The van der Waals surface area contributed by atoms with Gasteiger partial charge in [-0.2, -0.15) is 0 Å². The average molecular weight is 361 g/mol. The lowest BCUT2D eigenvalue weighted by Gasteiger charge is -2.21. The van der Waals surface area contributed by atoms with Crippen molar-refractivity contribution in [1.29, 1.82) is 0 Å². The van der Waals surface area contributed by atoms with E-state index >= 15 is 0 Å². The summed E-state index contributed by atoms with van der Waals surface area (Å²) >= 11 is 1.75.